The number of hydrogen-bond donors (Lipinski definition) is 0. The third-order valence-electron chi connectivity index (χ3n) is 4.93. The van der Waals surface area contributed by atoms with Crippen LogP contribution in [0.2, 0.25) is 10.0 Å². The number of carbonyl (C=O) groups is 2. The van der Waals surface area contributed by atoms with Gasteiger partial charge in [0.2, 0.25) is 5.41 Å². The molecule has 0 spiro atoms. The molecule has 164 valence electrons. The summed E-state index contributed by atoms with van der Waals surface area (Å²) < 4.78 is 9.70. The van der Waals surface area contributed by atoms with Crippen LogP contribution in [0.5, 0.6) is 0 Å². The fourth-order valence-electron chi connectivity index (χ4n) is 3.43. The van der Waals surface area contributed by atoms with Gasteiger partial charge in [0.1, 0.15) is 0 Å². The van der Waals surface area contributed by atoms with E-state index in [1.165, 1.54) is 6.21 Å². The highest BCUT2D eigenvalue weighted by molar-refractivity contribution is 6.31. The third kappa shape index (κ3) is 4.25. The zero-order valence-corrected chi connectivity index (χ0v) is 18.9. The number of ether oxygens (including phenoxy) is 2. The van der Waals surface area contributed by atoms with Crippen molar-refractivity contribution < 1.29 is 19.1 Å². The molecule has 0 heterocycles. The molecule has 9 heteroatoms. The van der Waals surface area contributed by atoms with Crippen molar-refractivity contribution in [1.29, 1.82) is 10.5 Å². The van der Waals surface area contributed by atoms with Crippen LogP contribution in [0.1, 0.15) is 11.1 Å². The molecule has 0 unspecified atom stereocenters. The summed E-state index contributed by atoms with van der Waals surface area (Å²) in [5, 5.41) is 21.2. The molecule has 0 saturated carbocycles. The predicted octanol–water partition coefficient (Wildman–Crippen LogP) is 4.51. The molecule has 0 aromatic heterocycles. The van der Waals surface area contributed by atoms with Crippen molar-refractivity contribution in [3.05, 3.63) is 86.5 Å². The molecule has 0 atom stereocenters. The number of esters is 2. The van der Waals surface area contributed by atoms with Gasteiger partial charge in [-0.05, 0) is 35.4 Å². The van der Waals surface area contributed by atoms with E-state index in [9.17, 15) is 20.1 Å². The fraction of sp³-hybridized carbons (Fsp3) is 0.125. The fourth-order valence-corrected chi connectivity index (χ4v) is 3.68. The number of nitriles is 2. The molecule has 1 aliphatic rings. The monoisotopic (exact) mass is 479 g/mol. The molecule has 0 amide bonds. The van der Waals surface area contributed by atoms with Gasteiger partial charge in [-0.2, -0.15) is 10.5 Å². The minimum atomic E-state index is -2.18. The molecular weight excluding hydrogens is 465 g/mol. The number of halogens is 2. The maximum Gasteiger partial charge on any atom is 0.340 e. The lowest BCUT2D eigenvalue weighted by Gasteiger charge is -2.20. The van der Waals surface area contributed by atoms with Crippen LogP contribution in [0, 0.1) is 28.1 Å². The maximum atomic E-state index is 12.8. The Bertz CT molecular complexity index is 1280. The zero-order valence-electron chi connectivity index (χ0n) is 17.4. The second-order valence-corrected chi connectivity index (χ2v) is 7.62. The molecule has 33 heavy (non-hydrogen) atoms. The highest BCUT2D eigenvalue weighted by atomic mass is 35.5. The van der Waals surface area contributed by atoms with Gasteiger partial charge in [-0.25, -0.2) is 9.59 Å². The van der Waals surface area contributed by atoms with Gasteiger partial charge in [-0.3, -0.25) is 4.99 Å². The molecule has 3 rings (SSSR count). The molecule has 2 aromatic rings. The average molecular weight is 480 g/mol. The Balaban J connectivity index is 2.41. The normalized spacial score (nSPS) is 14.7. The van der Waals surface area contributed by atoms with Gasteiger partial charge in [0.15, 0.2) is 0 Å². The first kappa shape index (κ1) is 23.7. The first-order chi connectivity index (χ1) is 15.8. The topological polar surface area (TPSA) is 113 Å². The zero-order chi connectivity index (χ0) is 24.2. The second kappa shape index (κ2) is 9.70. The van der Waals surface area contributed by atoms with Crippen molar-refractivity contribution in [2.75, 3.05) is 14.2 Å². The van der Waals surface area contributed by atoms with Gasteiger partial charge in [-0.1, -0.05) is 47.5 Å². The van der Waals surface area contributed by atoms with Gasteiger partial charge >= 0.3 is 11.9 Å². The Labute approximate surface area is 199 Å². The molecule has 0 aliphatic heterocycles. The molecule has 0 radical (unpaired) electrons. The van der Waals surface area contributed by atoms with Gasteiger partial charge < -0.3 is 9.47 Å². The number of hydrogen-bond acceptors (Lipinski definition) is 7. The second-order valence-electron chi connectivity index (χ2n) is 6.75. The van der Waals surface area contributed by atoms with Gasteiger partial charge in [0.05, 0.1) is 43.2 Å². The van der Waals surface area contributed by atoms with Gasteiger partial charge in [0.25, 0.3) is 0 Å². The minimum Gasteiger partial charge on any atom is -0.466 e. The largest absolute Gasteiger partial charge is 0.466 e. The molecular formula is C24H15Cl2N3O4. The molecule has 2 aromatic carbocycles. The van der Waals surface area contributed by atoms with Crippen LogP contribution >= 0.6 is 23.2 Å². The molecule has 0 saturated heterocycles. The first-order valence-corrected chi connectivity index (χ1v) is 10.1. The molecule has 0 fully saturated rings. The lowest BCUT2D eigenvalue weighted by atomic mass is 9.76. The van der Waals surface area contributed by atoms with Crippen LogP contribution in [-0.2, 0) is 19.1 Å². The summed E-state index contributed by atoms with van der Waals surface area (Å²) in [6.07, 6.45) is 1.42. The van der Waals surface area contributed by atoms with Crippen molar-refractivity contribution >= 4 is 46.9 Å². The van der Waals surface area contributed by atoms with Crippen LogP contribution in [0.4, 0.5) is 0 Å². The van der Waals surface area contributed by atoms with Crippen molar-refractivity contribution in [1.82, 2.24) is 0 Å². The van der Waals surface area contributed by atoms with Crippen LogP contribution in [0.15, 0.2) is 70.4 Å². The number of carbonyl (C=O) groups excluding carboxylic acids is 2. The highest BCUT2D eigenvalue weighted by Crippen LogP contribution is 2.52. The number of allylic oxidation sites excluding steroid dienone is 1. The Morgan fingerprint density at radius 1 is 0.909 bits per heavy atom. The van der Waals surface area contributed by atoms with E-state index < -0.39 is 22.9 Å². The third-order valence-corrected chi connectivity index (χ3v) is 5.44. The summed E-state index contributed by atoms with van der Waals surface area (Å²) >= 11 is 11.9. The highest BCUT2D eigenvalue weighted by Gasteiger charge is 2.54. The van der Waals surface area contributed by atoms with E-state index in [-0.39, 0.29) is 16.8 Å². The number of aliphatic imine (C=N–C) groups is 1. The Hall–Kier alpha value is -3.91. The predicted molar refractivity (Wildman–Crippen MR) is 122 cm³/mol. The van der Waals surface area contributed by atoms with E-state index in [1.54, 1.807) is 48.5 Å². The van der Waals surface area contributed by atoms with Crippen LogP contribution in [0.3, 0.4) is 0 Å². The van der Waals surface area contributed by atoms with Gasteiger partial charge in [0, 0.05) is 21.8 Å². The Morgan fingerprint density at radius 2 is 1.42 bits per heavy atom. The number of rotatable bonds is 5. The van der Waals surface area contributed by atoms with Crippen molar-refractivity contribution in [2.45, 2.75) is 0 Å². The standard InChI is InChI=1S/C24H15Cl2N3O4/c1-32-22(30)18-20(23(31)33-2)24(12-27,13-28)19(15-5-9-17(26)10-6-15)21(18)29-11-14-3-7-16(25)8-4-14/h3-11H,1-2H3. The molecule has 7 nitrogen and oxygen atoms in total. The summed E-state index contributed by atoms with van der Waals surface area (Å²) in [5.74, 6) is -1.97. The van der Waals surface area contributed by atoms with Crippen LogP contribution in [0.25, 0.3) is 5.57 Å². The lowest BCUT2D eigenvalue weighted by Crippen LogP contribution is -2.26. The SMILES string of the molecule is COC(=O)C1=C(C(=O)OC)C(C#N)(C#N)C(c2ccc(Cl)cc2)=C1N=Cc1ccc(Cl)cc1. The summed E-state index contributed by atoms with van der Waals surface area (Å²) in [6.45, 7) is 0. The summed E-state index contributed by atoms with van der Waals surface area (Å²) in [5.41, 5.74) is -2.02. The average Bonchev–Trinajstić information content (AvgIpc) is 3.13. The summed E-state index contributed by atoms with van der Waals surface area (Å²) in [6, 6.07) is 16.7. The maximum absolute atomic E-state index is 12.8. The van der Waals surface area contributed by atoms with Crippen LogP contribution in [-0.4, -0.2) is 32.4 Å². The number of benzene rings is 2. The quantitative estimate of drug-likeness (QED) is 0.460. The Morgan fingerprint density at radius 3 is 1.91 bits per heavy atom. The summed E-state index contributed by atoms with van der Waals surface area (Å²) in [4.78, 5) is 30.0. The smallest absolute Gasteiger partial charge is 0.340 e. The Kier molecular flexibility index (Phi) is 6.98. The van der Waals surface area contributed by atoms with Crippen molar-refractivity contribution in [3.63, 3.8) is 0 Å². The molecule has 0 bridgehead atoms. The number of nitrogens with zero attached hydrogens (tertiary/aromatic N) is 3. The van der Waals surface area contributed by atoms with Gasteiger partial charge in [-0.15, -0.1) is 0 Å². The first-order valence-electron chi connectivity index (χ1n) is 9.37. The van der Waals surface area contributed by atoms with E-state index >= 15 is 0 Å². The van der Waals surface area contributed by atoms with E-state index in [0.29, 0.717) is 21.2 Å². The molecule has 1 aliphatic carbocycles. The van der Waals surface area contributed by atoms with E-state index in [1.807, 2.05) is 12.1 Å². The molecule has 0 N–H and O–H groups in total. The van der Waals surface area contributed by atoms with Crippen LogP contribution < -0.4 is 0 Å². The minimum absolute atomic E-state index is 0.0372. The van der Waals surface area contributed by atoms with E-state index in [0.717, 1.165) is 14.2 Å². The van der Waals surface area contributed by atoms with Crippen molar-refractivity contribution in [2.24, 2.45) is 10.4 Å². The van der Waals surface area contributed by atoms with E-state index in [4.69, 9.17) is 32.7 Å². The summed E-state index contributed by atoms with van der Waals surface area (Å²) in [7, 11) is 2.20. The number of methoxy groups -OCH3 is 2. The van der Waals surface area contributed by atoms with Crippen molar-refractivity contribution in [3.8, 4) is 12.1 Å². The van der Waals surface area contributed by atoms with E-state index in [2.05, 4.69) is 4.99 Å². The lowest BCUT2D eigenvalue weighted by molar-refractivity contribution is -0.139.